The van der Waals surface area contributed by atoms with Gasteiger partial charge in [0.25, 0.3) is 0 Å². The highest BCUT2D eigenvalue weighted by Crippen LogP contribution is 2.36. The van der Waals surface area contributed by atoms with Gasteiger partial charge in [-0.25, -0.2) is 0 Å². The van der Waals surface area contributed by atoms with Gasteiger partial charge in [0, 0.05) is 19.5 Å². The van der Waals surface area contributed by atoms with Gasteiger partial charge in [-0.05, 0) is 36.8 Å². The molecule has 0 aromatic heterocycles. The monoisotopic (exact) mass is 231 g/mol. The number of aryl methyl sites for hydroxylation is 2. The first-order chi connectivity index (χ1) is 8.25. The summed E-state index contributed by atoms with van der Waals surface area (Å²) < 4.78 is 5.68. The number of carbonyl (C=O) groups is 1. The molecule has 3 rings (SSSR count). The SMILES string of the molecule is CC(=O)N1CCCc2cc3c(cc21)OCCC3. The summed E-state index contributed by atoms with van der Waals surface area (Å²) in [7, 11) is 0. The van der Waals surface area contributed by atoms with Crippen molar-refractivity contribution in [3.63, 3.8) is 0 Å². The second kappa shape index (κ2) is 4.06. The van der Waals surface area contributed by atoms with Crippen molar-refractivity contribution in [3.05, 3.63) is 23.3 Å². The zero-order valence-electron chi connectivity index (χ0n) is 10.2. The molecule has 0 aliphatic carbocycles. The Balaban J connectivity index is 2.07. The molecule has 0 fully saturated rings. The maximum Gasteiger partial charge on any atom is 0.223 e. The minimum atomic E-state index is 0.127. The molecule has 0 saturated heterocycles. The fourth-order valence-corrected chi connectivity index (χ4v) is 2.77. The third-order valence-electron chi connectivity index (χ3n) is 3.61. The number of nitrogens with zero attached hydrogens (tertiary/aromatic N) is 1. The van der Waals surface area contributed by atoms with Gasteiger partial charge >= 0.3 is 0 Å². The number of benzene rings is 1. The topological polar surface area (TPSA) is 29.5 Å². The molecule has 0 bridgehead atoms. The zero-order chi connectivity index (χ0) is 11.8. The Hall–Kier alpha value is -1.51. The molecule has 0 radical (unpaired) electrons. The predicted molar refractivity (Wildman–Crippen MR) is 66.6 cm³/mol. The summed E-state index contributed by atoms with van der Waals surface area (Å²) in [6.45, 7) is 3.27. The number of hydrogen-bond acceptors (Lipinski definition) is 2. The van der Waals surface area contributed by atoms with Crippen molar-refractivity contribution in [2.24, 2.45) is 0 Å². The molecule has 0 unspecified atom stereocenters. The maximum atomic E-state index is 11.6. The van der Waals surface area contributed by atoms with E-state index in [0.29, 0.717) is 0 Å². The lowest BCUT2D eigenvalue weighted by Crippen LogP contribution is -2.33. The molecule has 3 nitrogen and oxygen atoms in total. The van der Waals surface area contributed by atoms with Crippen LogP contribution in [0.25, 0.3) is 0 Å². The highest BCUT2D eigenvalue weighted by atomic mass is 16.5. The number of hydrogen-bond donors (Lipinski definition) is 0. The molecule has 2 heterocycles. The van der Waals surface area contributed by atoms with E-state index in [0.717, 1.165) is 50.3 Å². The molecule has 17 heavy (non-hydrogen) atoms. The van der Waals surface area contributed by atoms with Gasteiger partial charge in [0.05, 0.1) is 12.3 Å². The molecule has 2 aliphatic rings. The number of fused-ring (bicyclic) bond motifs is 2. The molecular weight excluding hydrogens is 214 g/mol. The first kappa shape index (κ1) is 10.6. The van der Waals surface area contributed by atoms with E-state index in [-0.39, 0.29) is 5.91 Å². The number of ether oxygens (including phenoxy) is 1. The van der Waals surface area contributed by atoms with Crippen LogP contribution in [0, 0.1) is 0 Å². The van der Waals surface area contributed by atoms with Crippen LogP contribution in [0.3, 0.4) is 0 Å². The van der Waals surface area contributed by atoms with Crippen molar-refractivity contribution < 1.29 is 9.53 Å². The number of carbonyl (C=O) groups excluding carboxylic acids is 1. The Morgan fingerprint density at radius 3 is 2.88 bits per heavy atom. The van der Waals surface area contributed by atoms with E-state index in [1.54, 1.807) is 6.92 Å². The first-order valence-corrected chi connectivity index (χ1v) is 6.32. The van der Waals surface area contributed by atoms with Crippen LogP contribution < -0.4 is 9.64 Å². The van der Waals surface area contributed by atoms with E-state index in [1.165, 1.54) is 11.1 Å². The largest absolute Gasteiger partial charge is 0.493 e. The van der Waals surface area contributed by atoms with Gasteiger partial charge in [-0.3, -0.25) is 4.79 Å². The molecule has 90 valence electrons. The Morgan fingerprint density at radius 2 is 2.06 bits per heavy atom. The summed E-state index contributed by atoms with van der Waals surface area (Å²) in [6.07, 6.45) is 4.34. The van der Waals surface area contributed by atoms with E-state index in [1.807, 2.05) is 4.90 Å². The Labute approximate surface area is 101 Å². The third-order valence-corrected chi connectivity index (χ3v) is 3.61. The first-order valence-electron chi connectivity index (χ1n) is 6.32. The van der Waals surface area contributed by atoms with Crippen molar-refractivity contribution in [2.45, 2.75) is 32.6 Å². The average molecular weight is 231 g/mol. The van der Waals surface area contributed by atoms with E-state index in [9.17, 15) is 4.79 Å². The van der Waals surface area contributed by atoms with Crippen molar-refractivity contribution in [2.75, 3.05) is 18.1 Å². The molecule has 3 heteroatoms. The maximum absolute atomic E-state index is 11.6. The quantitative estimate of drug-likeness (QED) is 0.685. The summed E-state index contributed by atoms with van der Waals surface area (Å²) >= 11 is 0. The second-order valence-corrected chi connectivity index (χ2v) is 4.81. The van der Waals surface area contributed by atoms with Gasteiger partial charge in [0.2, 0.25) is 5.91 Å². The normalized spacial score (nSPS) is 18.1. The Morgan fingerprint density at radius 1 is 1.24 bits per heavy atom. The van der Waals surface area contributed by atoms with E-state index >= 15 is 0 Å². The van der Waals surface area contributed by atoms with Crippen molar-refractivity contribution in [1.82, 2.24) is 0 Å². The van der Waals surface area contributed by atoms with Crippen LogP contribution in [0.1, 0.15) is 30.9 Å². The standard InChI is InChI=1S/C14H17NO2/c1-10(16)15-6-2-4-11-8-12-5-3-7-17-14(12)9-13(11)15/h8-9H,2-7H2,1H3. The lowest BCUT2D eigenvalue weighted by atomic mass is 9.96. The van der Waals surface area contributed by atoms with Crippen molar-refractivity contribution >= 4 is 11.6 Å². The molecular formula is C14H17NO2. The van der Waals surface area contributed by atoms with Crippen LogP contribution in [0.15, 0.2) is 12.1 Å². The molecule has 1 aromatic carbocycles. The molecule has 0 saturated carbocycles. The number of amides is 1. The Kier molecular flexibility index (Phi) is 2.54. The fraction of sp³-hybridized carbons (Fsp3) is 0.500. The van der Waals surface area contributed by atoms with E-state index < -0.39 is 0 Å². The van der Waals surface area contributed by atoms with Gasteiger partial charge < -0.3 is 9.64 Å². The third kappa shape index (κ3) is 1.79. The minimum Gasteiger partial charge on any atom is -0.493 e. The van der Waals surface area contributed by atoms with Crippen LogP contribution in [-0.4, -0.2) is 19.1 Å². The molecule has 0 N–H and O–H groups in total. The number of rotatable bonds is 0. The van der Waals surface area contributed by atoms with E-state index in [2.05, 4.69) is 12.1 Å². The Bertz CT molecular complexity index is 468. The number of anilines is 1. The van der Waals surface area contributed by atoms with Crippen LogP contribution in [0.4, 0.5) is 5.69 Å². The van der Waals surface area contributed by atoms with Crippen LogP contribution in [-0.2, 0) is 17.6 Å². The molecule has 1 amide bonds. The summed E-state index contributed by atoms with van der Waals surface area (Å²) in [5.74, 6) is 1.10. The predicted octanol–water partition coefficient (Wildman–Crippen LogP) is 2.31. The van der Waals surface area contributed by atoms with Crippen LogP contribution >= 0.6 is 0 Å². The van der Waals surface area contributed by atoms with Gasteiger partial charge in [0.15, 0.2) is 0 Å². The van der Waals surface area contributed by atoms with Crippen LogP contribution in [0.2, 0.25) is 0 Å². The summed E-state index contributed by atoms with van der Waals surface area (Å²) in [5, 5.41) is 0. The van der Waals surface area contributed by atoms with Crippen molar-refractivity contribution in [1.29, 1.82) is 0 Å². The van der Waals surface area contributed by atoms with Crippen molar-refractivity contribution in [3.8, 4) is 5.75 Å². The van der Waals surface area contributed by atoms with Gasteiger partial charge in [-0.2, -0.15) is 0 Å². The van der Waals surface area contributed by atoms with E-state index in [4.69, 9.17) is 4.74 Å². The summed E-state index contributed by atoms with van der Waals surface area (Å²) in [6, 6.07) is 4.29. The molecule has 1 aromatic rings. The minimum absolute atomic E-state index is 0.127. The average Bonchev–Trinajstić information content (AvgIpc) is 2.35. The fourth-order valence-electron chi connectivity index (χ4n) is 2.77. The van der Waals surface area contributed by atoms with Gasteiger partial charge in [0.1, 0.15) is 5.75 Å². The summed E-state index contributed by atoms with van der Waals surface area (Å²) in [5.41, 5.74) is 3.67. The molecule has 2 aliphatic heterocycles. The molecule has 0 atom stereocenters. The second-order valence-electron chi connectivity index (χ2n) is 4.81. The van der Waals surface area contributed by atoms with Gasteiger partial charge in [-0.1, -0.05) is 6.07 Å². The lowest BCUT2D eigenvalue weighted by molar-refractivity contribution is -0.116. The smallest absolute Gasteiger partial charge is 0.223 e. The zero-order valence-corrected chi connectivity index (χ0v) is 10.2. The summed E-state index contributed by atoms with van der Waals surface area (Å²) in [4.78, 5) is 13.5. The van der Waals surface area contributed by atoms with Gasteiger partial charge in [-0.15, -0.1) is 0 Å². The lowest BCUT2D eigenvalue weighted by Gasteiger charge is -2.30. The highest BCUT2D eigenvalue weighted by Gasteiger charge is 2.23. The highest BCUT2D eigenvalue weighted by molar-refractivity contribution is 5.93. The van der Waals surface area contributed by atoms with Crippen LogP contribution in [0.5, 0.6) is 5.75 Å². The molecule has 0 spiro atoms.